The lowest BCUT2D eigenvalue weighted by Gasteiger charge is -2.12. The Balaban J connectivity index is 2.12. The molecule has 0 saturated carbocycles. The van der Waals surface area contributed by atoms with Crippen molar-refractivity contribution in [2.45, 2.75) is 13.5 Å². The summed E-state index contributed by atoms with van der Waals surface area (Å²) in [6.07, 6.45) is 1.85. The van der Waals surface area contributed by atoms with E-state index in [1.165, 1.54) is 0 Å². The van der Waals surface area contributed by atoms with Crippen molar-refractivity contribution in [1.82, 2.24) is 9.78 Å². The molecule has 0 saturated heterocycles. The van der Waals surface area contributed by atoms with E-state index in [0.717, 1.165) is 15.8 Å². The first kappa shape index (κ1) is 13.0. The van der Waals surface area contributed by atoms with Crippen LogP contribution in [0, 0.1) is 0 Å². The lowest BCUT2D eigenvalue weighted by Crippen LogP contribution is -2.02. The van der Waals surface area contributed by atoms with Crippen LogP contribution in [0.1, 0.15) is 12.5 Å². The van der Waals surface area contributed by atoms with Crippen LogP contribution >= 0.6 is 15.9 Å². The number of benzene rings is 1. The Kier molecular flexibility index (Phi) is 4.25. The Morgan fingerprint density at radius 1 is 1.28 bits per heavy atom. The van der Waals surface area contributed by atoms with Crippen molar-refractivity contribution in [1.29, 1.82) is 0 Å². The van der Waals surface area contributed by atoms with Gasteiger partial charge in [0, 0.05) is 29.3 Å². The Bertz CT molecular complexity index is 525. The van der Waals surface area contributed by atoms with Crippen LogP contribution < -0.4 is 9.47 Å². The molecule has 0 bridgehead atoms. The Morgan fingerprint density at radius 3 is 2.78 bits per heavy atom. The van der Waals surface area contributed by atoms with Crippen molar-refractivity contribution in [3.63, 3.8) is 0 Å². The number of hydrogen-bond donors (Lipinski definition) is 0. The van der Waals surface area contributed by atoms with E-state index in [1.54, 1.807) is 4.68 Å². The maximum atomic E-state index is 5.64. The summed E-state index contributed by atoms with van der Waals surface area (Å²) in [6.45, 7) is 3.02. The van der Waals surface area contributed by atoms with Gasteiger partial charge in [-0.15, -0.1) is 5.10 Å². The minimum atomic E-state index is 0.424. The summed E-state index contributed by atoms with van der Waals surface area (Å²) < 4.78 is 13.9. The lowest BCUT2D eigenvalue weighted by atomic mass is 10.2. The molecule has 0 fully saturated rings. The number of aryl methyl sites for hydroxylation is 1. The molecular formula is C13H15BrN2O2. The molecule has 1 aromatic heterocycles. The average Bonchev–Trinajstić information content (AvgIpc) is 2.75. The van der Waals surface area contributed by atoms with E-state index in [-0.39, 0.29) is 0 Å². The second kappa shape index (κ2) is 5.91. The average molecular weight is 311 g/mol. The van der Waals surface area contributed by atoms with E-state index in [0.29, 0.717) is 19.1 Å². The van der Waals surface area contributed by atoms with Crippen molar-refractivity contribution >= 4 is 15.9 Å². The number of rotatable bonds is 5. The number of nitrogens with zero attached hydrogens (tertiary/aromatic N) is 2. The predicted octanol–water partition coefficient (Wildman–Crippen LogP) is 3.16. The van der Waals surface area contributed by atoms with E-state index >= 15 is 0 Å². The minimum Gasteiger partial charge on any atom is -0.493 e. The van der Waals surface area contributed by atoms with E-state index in [2.05, 4.69) is 21.0 Å². The fraction of sp³-hybridized carbons (Fsp3) is 0.308. The highest BCUT2D eigenvalue weighted by Crippen LogP contribution is 2.28. The van der Waals surface area contributed by atoms with Gasteiger partial charge >= 0.3 is 0 Å². The van der Waals surface area contributed by atoms with Crippen molar-refractivity contribution in [3.05, 3.63) is 40.5 Å². The molecule has 0 aliphatic rings. The van der Waals surface area contributed by atoms with Gasteiger partial charge in [0.15, 0.2) is 0 Å². The first-order valence-electron chi connectivity index (χ1n) is 5.73. The van der Waals surface area contributed by atoms with Crippen molar-refractivity contribution in [2.24, 2.45) is 7.05 Å². The minimum absolute atomic E-state index is 0.424. The molecule has 0 unspecified atom stereocenters. The molecule has 0 amide bonds. The molecule has 5 heteroatoms. The highest BCUT2D eigenvalue weighted by atomic mass is 79.9. The molecular weight excluding hydrogens is 296 g/mol. The Hall–Kier alpha value is -1.49. The zero-order valence-corrected chi connectivity index (χ0v) is 12.0. The summed E-state index contributed by atoms with van der Waals surface area (Å²) in [6, 6.07) is 7.68. The van der Waals surface area contributed by atoms with Gasteiger partial charge in [-0.25, -0.2) is 0 Å². The summed E-state index contributed by atoms with van der Waals surface area (Å²) >= 11 is 3.51. The van der Waals surface area contributed by atoms with Gasteiger partial charge in [-0.1, -0.05) is 22.0 Å². The van der Waals surface area contributed by atoms with Gasteiger partial charge in [-0.2, -0.15) is 0 Å². The predicted molar refractivity (Wildman–Crippen MR) is 72.9 cm³/mol. The third-order valence-electron chi connectivity index (χ3n) is 2.43. The molecule has 0 aliphatic carbocycles. The van der Waals surface area contributed by atoms with Crippen molar-refractivity contribution < 1.29 is 9.47 Å². The van der Waals surface area contributed by atoms with Crippen LogP contribution in [0.5, 0.6) is 11.6 Å². The van der Waals surface area contributed by atoms with Crippen LogP contribution in [-0.4, -0.2) is 16.4 Å². The standard InChI is InChI=1S/C13H15BrN2O2/c1-3-17-12-6-4-5-11(14)10(12)9-18-13-7-8-16(2)15-13/h4-8H,3,9H2,1-2H3. The number of ether oxygens (including phenoxy) is 2. The van der Waals surface area contributed by atoms with Crippen molar-refractivity contribution in [3.8, 4) is 11.6 Å². The van der Waals surface area contributed by atoms with E-state index in [4.69, 9.17) is 9.47 Å². The van der Waals surface area contributed by atoms with Gasteiger partial charge in [-0.05, 0) is 19.1 Å². The molecule has 0 aliphatic heterocycles. The first-order chi connectivity index (χ1) is 8.70. The monoisotopic (exact) mass is 310 g/mol. The molecule has 1 aromatic carbocycles. The maximum Gasteiger partial charge on any atom is 0.233 e. The molecule has 0 spiro atoms. The largest absolute Gasteiger partial charge is 0.493 e. The summed E-state index contributed by atoms with van der Waals surface area (Å²) in [7, 11) is 1.86. The number of aromatic nitrogens is 2. The fourth-order valence-corrected chi connectivity index (χ4v) is 2.05. The van der Waals surface area contributed by atoms with Crippen LogP contribution in [0.3, 0.4) is 0 Å². The normalized spacial score (nSPS) is 10.4. The quantitative estimate of drug-likeness (QED) is 0.851. The first-order valence-corrected chi connectivity index (χ1v) is 6.52. The van der Waals surface area contributed by atoms with Crippen LogP contribution in [-0.2, 0) is 13.7 Å². The smallest absolute Gasteiger partial charge is 0.233 e. The molecule has 1 heterocycles. The number of hydrogen-bond acceptors (Lipinski definition) is 3. The highest BCUT2D eigenvalue weighted by molar-refractivity contribution is 9.10. The molecule has 2 aromatic rings. The molecule has 0 radical (unpaired) electrons. The van der Waals surface area contributed by atoms with Gasteiger partial charge in [-0.3, -0.25) is 4.68 Å². The van der Waals surface area contributed by atoms with Gasteiger partial charge in [0.1, 0.15) is 12.4 Å². The molecule has 4 nitrogen and oxygen atoms in total. The van der Waals surface area contributed by atoms with Crippen LogP contribution in [0.15, 0.2) is 34.9 Å². The Morgan fingerprint density at radius 2 is 2.11 bits per heavy atom. The molecule has 0 atom stereocenters. The molecule has 96 valence electrons. The zero-order valence-electron chi connectivity index (χ0n) is 10.4. The fourth-order valence-electron chi connectivity index (χ4n) is 1.59. The van der Waals surface area contributed by atoms with Gasteiger partial charge in [0.25, 0.3) is 0 Å². The van der Waals surface area contributed by atoms with E-state index in [1.807, 2.05) is 44.4 Å². The highest BCUT2D eigenvalue weighted by Gasteiger charge is 2.09. The Labute approximate surface area is 115 Å². The summed E-state index contributed by atoms with van der Waals surface area (Å²) in [4.78, 5) is 0. The van der Waals surface area contributed by atoms with E-state index in [9.17, 15) is 0 Å². The van der Waals surface area contributed by atoms with Crippen molar-refractivity contribution in [2.75, 3.05) is 6.61 Å². The summed E-state index contributed by atoms with van der Waals surface area (Å²) in [5.74, 6) is 1.44. The zero-order chi connectivity index (χ0) is 13.0. The van der Waals surface area contributed by atoms with Crippen LogP contribution in [0.2, 0.25) is 0 Å². The van der Waals surface area contributed by atoms with E-state index < -0.39 is 0 Å². The van der Waals surface area contributed by atoms with Crippen LogP contribution in [0.4, 0.5) is 0 Å². The SMILES string of the molecule is CCOc1cccc(Br)c1COc1ccn(C)n1. The van der Waals surface area contributed by atoms with Gasteiger partial charge < -0.3 is 9.47 Å². The second-order valence-corrected chi connectivity index (χ2v) is 4.62. The third kappa shape index (κ3) is 3.04. The molecule has 18 heavy (non-hydrogen) atoms. The van der Waals surface area contributed by atoms with Gasteiger partial charge in [0.2, 0.25) is 5.88 Å². The van der Waals surface area contributed by atoms with Crippen LogP contribution in [0.25, 0.3) is 0 Å². The summed E-state index contributed by atoms with van der Waals surface area (Å²) in [5.41, 5.74) is 0.991. The molecule has 2 rings (SSSR count). The third-order valence-corrected chi connectivity index (χ3v) is 3.17. The number of halogens is 1. The summed E-state index contributed by atoms with van der Waals surface area (Å²) in [5, 5.41) is 4.17. The topological polar surface area (TPSA) is 36.3 Å². The van der Waals surface area contributed by atoms with Gasteiger partial charge in [0.05, 0.1) is 6.61 Å². The maximum absolute atomic E-state index is 5.64. The second-order valence-electron chi connectivity index (χ2n) is 3.77. The molecule has 0 N–H and O–H groups in total. The lowest BCUT2D eigenvalue weighted by molar-refractivity contribution is 0.274.